The summed E-state index contributed by atoms with van der Waals surface area (Å²) >= 11 is 0. The number of rotatable bonds is 11. The average Bonchev–Trinajstić information content (AvgIpc) is 2.96. The summed E-state index contributed by atoms with van der Waals surface area (Å²) in [6.45, 7) is 23.5. The highest BCUT2D eigenvalue weighted by Crippen LogP contribution is 2.48. The van der Waals surface area contributed by atoms with Gasteiger partial charge in [0.05, 0.1) is 18.3 Å². The van der Waals surface area contributed by atoms with Gasteiger partial charge < -0.3 is 23.4 Å². The Morgan fingerprint density at radius 3 is 1.84 bits per heavy atom. The fourth-order valence-corrected chi connectivity index (χ4v) is 18.7. The zero-order chi connectivity index (χ0) is 32.3. The lowest BCUT2D eigenvalue weighted by molar-refractivity contribution is -0.364. The highest BCUT2D eigenvalue weighted by molar-refractivity contribution is 6.99. The van der Waals surface area contributed by atoms with Crippen molar-refractivity contribution >= 4 is 27.0 Å². The molecule has 5 nitrogen and oxygen atoms in total. The minimum absolute atomic E-state index is 0.0356. The van der Waals surface area contributed by atoms with Crippen LogP contribution in [0.25, 0.3) is 0 Å². The Balaban J connectivity index is 1.66. The van der Waals surface area contributed by atoms with Gasteiger partial charge in [-0.25, -0.2) is 0 Å². The Kier molecular flexibility index (Phi) is 11.5. The average molecular weight is 641 g/mol. The van der Waals surface area contributed by atoms with Gasteiger partial charge in [-0.05, 0) is 58.2 Å². The van der Waals surface area contributed by atoms with Crippen LogP contribution in [-0.2, 0) is 18.3 Å². The largest absolute Gasteiger partial charge is 0.410 e. The standard InChI is InChI=1S/C37H60O5Si2/c1-27(2)43(28(3)4,29(5)6)42-34-26-31(41-37(35(34)38)24-17-18-30(7)40-37)23-25-39-44(36(8,9)10,32-19-13-11-14-20-32)33-21-15-12-16-22-33/h11-16,19-22,27-31,34-35,38H,17-18,23-26H2,1-10H3/t30-,31+,34+,35-,37-/m0/s1. The molecule has 5 atom stereocenters. The molecule has 0 saturated carbocycles. The van der Waals surface area contributed by atoms with E-state index in [1.807, 2.05) is 0 Å². The summed E-state index contributed by atoms with van der Waals surface area (Å²) in [5.74, 6) is -1.03. The molecule has 0 bridgehead atoms. The maximum atomic E-state index is 12.0. The van der Waals surface area contributed by atoms with Crippen molar-refractivity contribution in [3.63, 3.8) is 0 Å². The summed E-state index contributed by atoms with van der Waals surface area (Å²) in [5, 5.41) is 14.4. The van der Waals surface area contributed by atoms with E-state index >= 15 is 0 Å². The molecular weight excluding hydrogens is 581 g/mol. The van der Waals surface area contributed by atoms with Crippen LogP contribution < -0.4 is 10.4 Å². The molecule has 2 aliphatic rings. The molecule has 4 rings (SSSR count). The molecule has 1 N–H and O–H groups in total. The monoisotopic (exact) mass is 640 g/mol. The first-order chi connectivity index (χ1) is 20.7. The van der Waals surface area contributed by atoms with Crippen molar-refractivity contribution in [2.75, 3.05) is 6.61 Å². The number of hydrogen-bond donors (Lipinski definition) is 1. The van der Waals surface area contributed by atoms with Crippen LogP contribution in [0.2, 0.25) is 21.7 Å². The minimum atomic E-state index is -2.67. The second-order valence-corrected chi connectivity index (χ2v) is 25.0. The molecule has 7 heteroatoms. The first-order valence-electron chi connectivity index (χ1n) is 17.2. The van der Waals surface area contributed by atoms with Gasteiger partial charge in [0.2, 0.25) is 8.32 Å². The Morgan fingerprint density at radius 2 is 1.39 bits per heavy atom. The lowest BCUT2D eigenvalue weighted by atomic mass is 9.88. The van der Waals surface area contributed by atoms with Crippen molar-refractivity contribution in [2.24, 2.45) is 0 Å². The molecule has 2 saturated heterocycles. The Bertz CT molecular complexity index is 1100. The molecule has 0 amide bonds. The summed E-state index contributed by atoms with van der Waals surface area (Å²) in [4.78, 5) is 0. The lowest BCUT2D eigenvalue weighted by Crippen LogP contribution is -2.67. The van der Waals surface area contributed by atoms with Gasteiger partial charge in [0.1, 0.15) is 6.10 Å². The summed E-state index contributed by atoms with van der Waals surface area (Å²) in [7, 11) is -4.92. The molecule has 0 aromatic heterocycles. The first-order valence-corrected chi connectivity index (χ1v) is 21.2. The third kappa shape index (κ3) is 6.85. The normalized spacial score (nSPS) is 27.0. The molecule has 2 aliphatic heterocycles. The van der Waals surface area contributed by atoms with E-state index in [0.29, 0.717) is 36.1 Å². The van der Waals surface area contributed by atoms with Crippen LogP contribution in [0.1, 0.15) is 101 Å². The fraction of sp³-hybridized carbons (Fsp3) is 0.676. The van der Waals surface area contributed by atoms with Gasteiger partial charge in [0.25, 0.3) is 8.32 Å². The van der Waals surface area contributed by atoms with Crippen LogP contribution in [0.3, 0.4) is 0 Å². The van der Waals surface area contributed by atoms with Crippen molar-refractivity contribution in [3.05, 3.63) is 60.7 Å². The third-order valence-electron chi connectivity index (χ3n) is 10.4. The van der Waals surface area contributed by atoms with Crippen molar-refractivity contribution in [1.82, 2.24) is 0 Å². The highest BCUT2D eigenvalue weighted by atomic mass is 28.4. The SMILES string of the molecule is CC(C)[Si](O[C@@H]1C[C@@H](CCO[Si](c2ccccc2)(c2ccccc2)C(C)(C)C)O[C@@]2(CCC[C@H](C)O2)[C@H]1O)(C(C)C)C(C)C. The molecule has 246 valence electrons. The third-order valence-corrected chi connectivity index (χ3v) is 21.6. The minimum Gasteiger partial charge on any atom is -0.410 e. The molecular formula is C37H60O5Si2. The van der Waals surface area contributed by atoms with Crippen molar-refractivity contribution in [3.8, 4) is 0 Å². The lowest BCUT2D eigenvalue weighted by Gasteiger charge is -2.54. The predicted octanol–water partition coefficient (Wildman–Crippen LogP) is 7.95. The maximum Gasteiger partial charge on any atom is 0.261 e. The second kappa shape index (κ2) is 14.2. The van der Waals surface area contributed by atoms with Gasteiger partial charge in [-0.3, -0.25) is 0 Å². The van der Waals surface area contributed by atoms with E-state index in [1.165, 1.54) is 10.4 Å². The van der Waals surface area contributed by atoms with Crippen LogP contribution in [0, 0.1) is 0 Å². The van der Waals surface area contributed by atoms with Crippen molar-refractivity contribution in [1.29, 1.82) is 0 Å². The summed E-state index contributed by atoms with van der Waals surface area (Å²) in [6.07, 6.45) is 2.75. The van der Waals surface area contributed by atoms with Gasteiger partial charge in [0, 0.05) is 19.4 Å². The van der Waals surface area contributed by atoms with Gasteiger partial charge in [0.15, 0.2) is 5.79 Å². The topological polar surface area (TPSA) is 57.2 Å². The summed E-state index contributed by atoms with van der Waals surface area (Å²) < 4.78 is 28.0. The number of ether oxygens (including phenoxy) is 2. The van der Waals surface area contributed by atoms with E-state index < -0.39 is 28.5 Å². The van der Waals surface area contributed by atoms with Gasteiger partial charge in [-0.2, -0.15) is 0 Å². The van der Waals surface area contributed by atoms with E-state index in [4.69, 9.17) is 18.3 Å². The molecule has 2 aromatic carbocycles. The molecule has 2 fully saturated rings. The molecule has 0 aliphatic carbocycles. The molecule has 1 spiro atoms. The number of aliphatic hydroxyl groups is 1. The van der Waals surface area contributed by atoms with E-state index in [0.717, 1.165) is 19.3 Å². The fourth-order valence-electron chi connectivity index (χ4n) is 8.53. The van der Waals surface area contributed by atoms with Crippen molar-refractivity contribution in [2.45, 2.75) is 153 Å². The quantitative estimate of drug-likeness (QED) is 0.253. The van der Waals surface area contributed by atoms with E-state index in [2.05, 4.69) is 130 Å². The number of benzene rings is 2. The van der Waals surface area contributed by atoms with Gasteiger partial charge in [-0.15, -0.1) is 0 Å². The smallest absolute Gasteiger partial charge is 0.261 e. The van der Waals surface area contributed by atoms with Crippen LogP contribution in [0.4, 0.5) is 0 Å². The highest BCUT2D eigenvalue weighted by Gasteiger charge is 2.57. The van der Waals surface area contributed by atoms with Crippen molar-refractivity contribution < 1.29 is 23.4 Å². The number of hydrogen-bond acceptors (Lipinski definition) is 5. The van der Waals surface area contributed by atoms with Crippen LogP contribution in [0.5, 0.6) is 0 Å². The summed E-state index contributed by atoms with van der Waals surface area (Å²) in [6, 6.07) is 21.6. The molecule has 2 heterocycles. The Hall–Kier alpha value is -1.33. The Labute approximate surface area is 270 Å². The van der Waals surface area contributed by atoms with E-state index in [-0.39, 0.29) is 23.4 Å². The van der Waals surface area contributed by atoms with Gasteiger partial charge >= 0.3 is 0 Å². The van der Waals surface area contributed by atoms with Crippen LogP contribution in [0.15, 0.2) is 60.7 Å². The van der Waals surface area contributed by atoms with E-state index in [1.54, 1.807) is 0 Å². The molecule has 0 radical (unpaired) electrons. The molecule has 0 unspecified atom stereocenters. The zero-order valence-electron chi connectivity index (χ0n) is 29.1. The van der Waals surface area contributed by atoms with E-state index in [9.17, 15) is 5.11 Å². The first kappa shape index (κ1) is 35.5. The number of aliphatic hydroxyl groups excluding tert-OH is 1. The Morgan fingerprint density at radius 1 is 0.864 bits per heavy atom. The van der Waals surface area contributed by atoms with Gasteiger partial charge in [-0.1, -0.05) is 123 Å². The maximum absolute atomic E-state index is 12.0. The van der Waals surface area contributed by atoms with Crippen LogP contribution in [-0.4, -0.2) is 58.6 Å². The molecule has 44 heavy (non-hydrogen) atoms. The molecule has 2 aromatic rings. The zero-order valence-corrected chi connectivity index (χ0v) is 31.1. The van der Waals surface area contributed by atoms with Crippen LogP contribution >= 0.6 is 0 Å². The summed E-state index contributed by atoms with van der Waals surface area (Å²) in [5.41, 5.74) is 1.28. The second-order valence-electron chi connectivity index (χ2n) is 15.3. The predicted molar refractivity (Wildman–Crippen MR) is 187 cm³/mol.